The van der Waals surface area contributed by atoms with E-state index in [0.717, 1.165) is 17.0 Å². The highest BCUT2D eigenvalue weighted by Crippen LogP contribution is 2.41. The zero-order valence-electron chi connectivity index (χ0n) is 16.1. The van der Waals surface area contributed by atoms with Gasteiger partial charge in [0.25, 0.3) is 0 Å². The monoisotopic (exact) mass is 407 g/mol. The molecule has 0 aliphatic carbocycles. The number of aromatic carboxylic acids is 1. The van der Waals surface area contributed by atoms with Crippen molar-refractivity contribution in [1.82, 2.24) is 15.2 Å². The molecule has 3 heterocycles. The summed E-state index contributed by atoms with van der Waals surface area (Å²) in [5.74, 6) is 0.505. The number of thiocarbonyl (C=S) groups is 1. The average Bonchev–Trinajstić information content (AvgIpc) is 3.33. The van der Waals surface area contributed by atoms with E-state index in [1.54, 1.807) is 30.5 Å². The maximum atomic E-state index is 11.1. The molecule has 2 atom stereocenters. The summed E-state index contributed by atoms with van der Waals surface area (Å²) < 4.78 is 6.22. The molecule has 0 saturated carbocycles. The number of carbonyl (C=O) groups is 1. The number of hydrogen-bond acceptors (Lipinski definition) is 4. The second-order valence-corrected chi connectivity index (χ2v) is 7.60. The van der Waals surface area contributed by atoms with E-state index < -0.39 is 5.97 Å². The lowest BCUT2D eigenvalue weighted by atomic mass is 10.0. The fourth-order valence-corrected chi connectivity index (χ4v) is 4.12. The maximum Gasteiger partial charge on any atom is 0.335 e. The van der Waals surface area contributed by atoms with Gasteiger partial charge in [0.05, 0.1) is 17.3 Å². The molecule has 0 unspecified atom stereocenters. The van der Waals surface area contributed by atoms with E-state index in [4.69, 9.17) is 21.7 Å². The summed E-state index contributed by atoms with van der Waals surface area (Å²) in [6.07, 6.45) is 1.77. The maximum absolute atomic E-state index is 11.1. The van der Waals surface area contributed by atoms with Crippen molar-refractivity contribution in [2.75, 3.05) is 0 Å². The number of nitrogens with zero attached hydrogens (tertiary/aromatic N) is 2. The van der Waals surface area contributed by atoms with Gasteiger partial charge in [-0.3, -0.25) is 4.98 Å². The Bertz CT molecular complexity index is 1030. The third-order valence-corrected chi connectivity index (χ3v) is 5.35. The fourth-order valence-electron chi connectivity index (χ4n) is 3.67. The first-order valence-corrected chi connectivity index (χ1v) is 9.79. The van der Waals surface area contributed by atoms with Gasteiger partial charge >= 0.3 is 5.97 Å². The van der Waals surface area contributed by atoms with Gasteiger partial charge in [-0.2, -0.15) is 0 Å². The molecule has 1 aromatic carbocycles. The van der Waals surface area contributed by atoms with Gasteiger partial charge in [0.15, 0.2) is 5.11 Å². The zero-order valence-corrected chi connectivity index (χ0v) is 16.9. The smallest absolute Gasteiger partial charge is 0.335 e. The fraction of sp³-hybridized carbons (Fsp3) is 0.227. The summed E-state index contributed by atoms with van der Waals surface area (Å²) in [6, 6.07) is 16.2. The topological polar surface area (TPSA) is 78.6 Å². The molecular weight excluding hydrogens is 386 g/mol. The molecule has 1 aliphatic rings. The number of benzene rings is 1. The minimum Gasteiger partial charge on any atom is -0.478 e. The van der Waals surface area contributed by atoms with Crippen LogP contribution in [-0.4, -0.2) is 32.1 Å². The van der Waals surface area contributed by atoms with Crippen molar-refractivity contribution in [1.29, 1.82) is 0 Å². The van der Waals surface area contributed by atoms with E-state index in [-0.39, 0.29) is 23.7 Å². The zero-order chi connectivity index (χ0) is 20.5. The lowest BCUT2D eigenvalue weighted by molar-refractivity contribution is 0.0697. The Morgan fingerprint density at radius 1 is 1.17 bits per heavy atom. The number of pyridine rings is 1. The number of furan rings is 1. The van der Waals surface area contributed by atoms with Crippen molar-refractivity contribution in [3.8, 4) is 11.3 Å². The van der Waals surface area contributed by atoms with Crippen LogP contribution in [0.15, 0.2) is 65.2 Å². The van der Waals surface area contributed by atoms with Crippen LogP contribution in [0.25, 0.3) is 11.3 Å². The Kier molecular flexibility index (Phi) is 5.07. The molecule has 2 N–H and O–H groups in total. The van der Waals surface area contributed by atoms with Crippen LogP contribution in [0.1, 0.15) is 47.7 Å². The van der Waals surface area contributed by atoms with E-state index >= 15 is 0 Å². The third kappa shape index (κ3) is 3.61. The normalized spacial score (nSPS) is 18.9. The standard InChI is InChI=1S/C22H21N3O3S/c1-13(2)25-20(19(24-22(25)29)16-5-3-4-12-23-16)18-11-10-17(28-18)14-6-8-15(9-7-14)21(26)27/h3-13,19-20H,1-2H3,(H,24,29)(H,26,27)/t19-,20+/m1/s1. The first-order chi connectivity index (χ1) is 14.0. The lowest BCUT2D eigenvalue weighted by Crippen LogP contribution is -2.35. The van der Waals surface area contributed by atoms with Crippen LogP contribution in [0.5, 0.6) is 0 Å². The molecule has 1 saturated heterocycles. The summed E-state index contributed by atoms with van der Waals surface area (Å²) in [5, 5.41) is 13.1. The van der Waals surface area contributed by atoms with Crippen molar-refractivity contribution in [2.24, 2.45) is 0 Å². The molecule has 148 valence electrons. The van der Waals surface area contributed by atoms with E-state index in [0.29, 0.717) is 10.9 Å². The van der Waals surface area contributed by atoms with Gasteiger partial charge in [-0.05, 0) is 62.5 Å². The van der Waals surface area contributed by atoms with Crippen LogP contribution in [0.3, 0.4) is 0 Å². The molecule has 0 spiro atoms. The third-order valence-electron chi connectivity index (χ3n) is 5.03. The summed E-state index contributed by atoms with van der Waals surface area (Å²) in [4.78, 5) is 17.7. The van der Waals surface area contributed by atoms with Gasteiger partial charge in [-0.25, -0.2) is 4.79 Å². The van der Waals surface area contributed by atoms with Gasteiger partial charge in [-0.1, -0.05) is 18.2 Å². The summed E-state index contributed by atoms with van der Waals surface area (Å²) in [7, 11) is 0. The Labute approximate surface area is 174 Å². The van der Waals surface area contributed by atoms with E-state index in [1.165, 1.54) is 0 Å². The SMILES string of the molecule is CC(C)N1C(=S)N[C@H](c2ccccn2)[C@@H]1c1ccc(-c2ccc(C(=O)O)cc2)o1. The highest BCUT2D eigenvalue weighted by Gasteiger charge is 2.42. The van der Waals surface area contributed by atoms with Gasteiger partial charge < -0.3 is 19.7 Å². The number of carboxylic acid groups (broad SMARTS) is 1. The predicted molar refractivity (Wildman–Crippen MR) is 114 cm³/mol. The van der Waals surface area contributed by atoms with Crippen LogP contribution in [0, 0.1) is 0 Å². The first-order valence-electron chi connectivity index (χ1n) is 9.39. The molecule has 0 amide bonds. The second kappa shape index (κ2) is 7.67. The summed E-state index contributed by atoms with van der Waals surface area (Å²) in [5.41, 5.74) is 1.96. The lowest BCUT2D eigenvalue weighted by Gasteiger charge is -2.29. The number of hydrogen-bond donors (Lipinski definition) is 2. The Morgan fingerprint density at radius 3 is 2.55 bits per heavy atom. The molecular formula is C22H21N3O3S. The molecule has 0 bridgehead atoms. The Morgan fingerprint density at radius 2 is 1.93 bits per heavy atom. The Balaban J connectivity index is 1.70. The molecule has 6 nitrogen and oxygen atoms in total. The van der Waals surface area contributed by atoms with E-state index in [9.17, 15) is 4.79 Å². The minimum atomic E-state index is -0.951. The van der Waals surface area contributed by atoms with Gasteiger partial charge in [0, 0.05) is 17.8 Å². The molecule has 1 fully saturated rings. The van der Waals surface area contributed by atoms with Crippen molar-refractivity contribution < 1.29 is 14.3 Å². The average molecular weight is 407 g/mol. The molecule has 2 aromatic heterocycles. The number of carboxylic acids is 1. The highest BCUT2D eigenvalue weighted by molar-refractivity contribution is 7.80. The van der Waals surface area contributed by atoms with Crippen LogP contribution < -0.4 is 5.32 Å². The number of nitrogens with one attached hydrogen (secondary N) is 1. The quantitative estimate of drug-likeness (QED) is 0.606. The van der Waals surface area contributed by atoms with Crippen molar-refractivity contribution in [3.63, 3.8) is 0 Å². The number of aromatic nitrogens is 1. The molecule has 0 radical (unpaired) electrons. The van der Waals surface area contributed by atoms with Gasteiger partial charge in [0.1, 0.15) is 17.6 Å². The summed E-state index contributed by atoms with van der Waals surface area (Å²) >= 11 is 5.60. The molecule has 29 heavy (non-hydrogen) atoms. The molecule has 7 heteroatoms. The van der Waals surface area contributed by atoms with Crippen molar-refractivity contribution in [2.45, 2.75) is 32.0 Å². The highest BCUT2D eigenvalue weighted by atomic mass is 32.1. The van der Waals surface area contributed by atoms with Crippen molar-refractivity contribution >= 4 is 23.3 Å². The van der Waals surface area contributed by atoms with Crippen LogP contribution in [0.2, 0.25) is 0 Å². The molecule has 4 rings (SSSR count). The minimum absolute atomic E-state index is 0.125. The predicted octanol–water partition coefficient (Wildman–Crippen LogP) is 4.42. The molecule has 3 aromatic rings. The van der Waals surface area contributed by atoms with Gasteiger partial charge in [0.2, 0.25) is 0 Å². The second-order valence-electron chi connectivity index (χ2n) is 7.21. The number of rotatable bonds is 5. The van der Waals surface area contributed by atoms with Crippen LogP contribution >= 0.6 is 12.2 Å². The van der Waals surface area contributed by atoms with E-state index in [2.05, 4.69) is 29.0 Å². The van der Waals surface area contributed by atoms with Crippen LogP contribution in [0.4, 0.5) is 0 Å². The largest absolute Gasteiger partial charge is 0.478 e. The first kappa shape index (κ1) is 19.1. The van der Waals surface area contributed by atoms with Gasteiger partial charge in [-0.15, -0.1) is 0 Å². The van der Waals surface area contributed by atoms with Crippen molar-refractivity contribution in [3.05, 3.63) is 77.8 Å². The summed E-state index contributed by atoms with van der Waals surface area (Å²) in [6.45, 7) is 4.19. The molecule has 1 aliphatic heterocycles. The van der Waals surface area contributed by atoms with E-state index in [1.807, 2.05) is 30.3 Å². The van der Waals surface area contributed by atoms with Crippen LogP contribution in [-0.2, 0) is 0 Å². The Hall–Kier alpha value is -3.19.